The van der Waals surface area contributed by atoms with Crippen LogP contribution in [0, 0.1) is 22.7 Å². The van der Waals surface area contributed by atoms with Gasteiger partial charge in [0.25, 0.3) is 0 Å². The number of nitrogens with zero attached hydrogens (tertiary/aromatic N) is 11. The minimum Gasteiger partial charge on any atom is -0.445 e. The van der Waals surface area contributed by atoms with Crippen LogP contribution >= 0.6 is 23.2 Å². The first-order chi connectivity index (χ1) is 32.3. The molecule has 0 saturated carbocycles. The standard InChI is InChI=1S/C26H31ClN6O4.C21H23ClN6O2/c1-26(2,3)37-24(34)32-12-10-20-21(16-32)29-23(27)30-22(20)31-13-14-33(19(15-31)9-11-28)25(35)36-17-18-7-5-4-6-8-18;22-20-25-18-12-24-9-7-17(18)19(26-20)27-10-11-28(16(13-27)6-8-23)21(29)30-14-15-4-2-1-3-5-15/h4-8,19H,9-10,12-17H2,1-3H3;1-5,16,24H,6-7,9-14H2. The lowest BCUT2D eigenvalue weighted by Gasteiger charge is -2.41. The third kappa shape index (κ3) is 12.7. The van der Waals surface area contributed by atoms with Crippen LogP contribution in [0.3, 0.4) is 0 Å². The van der Waals surface area contributed by atoms with Crippen LogP contribution in [-0.2, 0) is 53.4 Å². The Morgan fingerprint density at radius 3 is 1.67 bits per heavy atom. The summed E-state index contributed by atoms with van der Waals surface area (Å²) in [4.78, 5) is 64.9. The quantitative estimate of drug-likeness (QED) is 0.144. The molecule has 6 heterocycles. The molecule has 0 spiro atoms. The van der Waals surface area contributed by atoms with Crippen molar-refractivity contribution in [3.8, 4) is 12.1 Å². The van der Waals surface area contributed by atoms with E-state index in [9.17, 15) is 24.9 Å². The van der Waals surface area contributed by atoms with E-state index in [1.165, 1.54) is 0 Å². The minimum atomic E-state index is -0.594. The van der Waals surface area contributed by atoms with Crippen LogP contribution in [0.5, 0.6) is 0 Å². The topological polar surface area (TPSA) is 206 Å². The van der Waals surface area contributed by atoms with Crippen LogP contribution in [0.1, 0.15) is 67.3 Å². The first kappa shape index (κ1) is 48.5. The maximum Gasteiger partial charge on any atom is 0.410 e. The Bertz CT molecular complexity index is 2470. The highest BCUT2D eigenvalue weighted by molar-refractivity contribution is 6.28. The van der Waals surface area contributed by atoms with Crippen molar-refractivity contribution >= 4 is 53.1 Å². The van der Waals surface area contributed by atoms with E-state index in [0.29, 0.717) is 70.3 Å². The molecule has 0 aliphatic carbocycles. The summed E-state index contributed by atoms with van der Waals surface area (Å²) in [7, 11) is 0. The predicted molar refractivity (Wildman–Crippen MR) is 249 cm³/mol. The SMILES string of the molecule is CC(C)(C)OC(=O)N1CCc2c(nc(Cl)nc2N2CCN(C(=O)OCc3ccccc3)C(CC#N)C2)C1.N#CCC1CN(c2nc(Cl)nc3c2CCNC3)CCN1C(=O)OCc1ccccc1. The highest BCUT2D eigenvalue weighted by Gasteiger charge is 2.37. The van der Waals surface area contributed by atoms with Gasteiger partial charge in [-0.05, 0) is 74.5 Å². The number of amides is 3. The minimum absolute atomic E-state index is 0.0846. The summed E-state index contributed by atoms with van der Waals surface area (Å²) in [5.41, 5.74) is 4.83. The summed E-state index contributed by atoms with van der Waals surface area (Å²) in [6.07, 6.45) is 0.508. The third-order valence-electron chi connectivity index (χ3n) is 11.7. The number of nitriles is 2. The number of fused-ring (bicyclic) bond motifs is 2. The van der Waals surface area contributed by atoms with E-state index in [1.807, 2.05) is 86.3 Å². The van der Waals surface area contributed by atoms with Crippen LogP contribution in [0.25, 0.3) is 0 Å². The largest absolute Gasteiger partial charge is 0.445 e. The first-order valence-electron chi connectivity index (χ1n) is 22.3. The summed E-state index contributed by atoms with van der Waals surface area (Å²) in [6, 6.07) is 22.8. The molecule has 3 amide bonds. The molecule has 0 bridgehead atoms. The van der Waals surface area contributed by atoms with Gasteiger partial charge in [0.15, 0.2) is 0 Å². The van der Waals surface area contributed by atoms with E-state index in [-0.39, 0.29) is 55.3 Å². The molecule has 1 N–H and O–H groups in total. The second kappa shape index (κ2) is 22.3. The fourth-order valence-electron chi connectivity index (χ4n) is 8.44. The van der Waals surface area contributed by atoms with Gasteiger partial charge in [0.05, 0.1) is 55.0 Å². The summed E-state index contributed by atoms with van der Waals surface area (Å²) >= 11 is 12.5. The van der Waals surface area contributed by atoms with E-state index in [1.54, 1.807) is 14.7 Å². The molecule has 2 saturated heterocycles. The highest BCUT2D eigenvalue weighted by Crippen LogP contribution is 2.32. The molecule has 352 valence electrons. The molecule has 4 aliphatic heterocycles. The Kier molecular flexibility index (Phi) is 16.2. The zero-order valence-electron chi connectivity index (χ0n) is 37.9. The highest BCUT2D eigenvalue weighted by atomic mass is 35.5. The number of carbonyl (C=O) groups excluding carboxylic acids is 3. The number of benzene rings is 2. The van der Waals surface area contributed by atoms with Crippen molar-refractivity contribution in [1.29, 1.82) is 10.5 Å². The first-order valence-corrected chi connectivity index (χ1v) is 23.0. The molecule has 20 heteroatoms. The van der Waals surface area contributed by atoms with Crippen LogP contribution in [0.2, 0.25) is 10.6 Å². The summed E-state index contributed by atoms with van der Waals surface area (Å²) < 4.78 is 16.5. The zero-order chi connectivity index (χ0) is 47.5. The average Bonchev–Trinajstić information content (AvgIpc) is 3.32. The normalized spacial score (nSPS) is 18.0. The van der Waals surface area contributed by atoms with Crippen molar-refractivity contribution in [3.05, 3.63) is 105 Å². The molecular weight excluding hydrogens is 900 g/mol. The number of nitrogens with one attached hydrogen (secondary N) is 1. The van der Waals surface area contributed by atoms with Crippen LogP contribution in [-0.4, -0.2) is 123 Å². The van der Waals surface area contributed by atoms with Crippen LogP contribution in [0.4, 0.5) is 26.0 Å². The number of hydrogen-bond acceptors (Lipinski definition) is 15. The van der Waals surface area contributed by atoms with E-state index in [0.717, 1.165) is 46.7 Å². The summed E-state index contributed by atoms with van der Waals surface area (Å²) in [5.74, 6) is 1.49. The van der Waals surface area contributed by atoms with Crippen LogP contribution < -0.4 is 15.1 Å². The lowest BCUT2D eigenvalue weighted by Crippen LogP contribution is -2.56. The van der Waals surface area contributed by atoms with E-state index < -0.39 is 23.9 Å². The molecule has 2 aromatic heterocycles. The number of aromatic nitrogens is 4. The molecule has 4 aliphatic rings. The van der Waals surface area contributed by atoms with Gasteiger partial charge in [-0.25, -0.2) is 34.3 Å². The molecule has 67 heavy (non-hydrogen) atoms. The van der Waals surface area contributed by atoms with Crippen LogP contribution in [0.15, 0.2) is 60.7 Å². The molecule has 2 fully saturated rings. The Labute approximate surface area is 400 Å². The van der Waals surface area contributed by atoms with Gasteiger partial charge < -0.3 is 44.0 Å². The fraction of sp³-hybridized carbons (Fsp3) is 0.468. The van der Waals surface area contributed by atoms with E-state index in [2.05, 4.69) is 42.3 Å². The lowest BCUT2D eigenvalue weighted by molar-refractivity contribution is 0.0220. The Morgan fingerprint density at radius 1 is 0.687 bits per heavy atom. The van der Waals surface area contributed by atoms with Crippen molar-refractivity contribution in [1.82, 2.24) is 40.0 Å². The smallest absolute Gasteiger partial charge is 0.410 e. The fourth-order valence-corrected chi connectivity index (χ4v) is 8.80. The van der Waals surface area contributed by atoms with Gasteiger partial charge in [-0.2, -0.15) is 10.5 Å². The number of hydrogen-bond donors (Lipinski definition) is 1. The molecular formula is C47H54Cl2N12O6. The maximum absolute atomic E-state index is 12.9. The molecule has 4 aromatic rings. The summed E-state index contributed by atoms with van der Waals surface area (Å²) in [6.45, 7) is 10.9. The number of halogens is 2. The van der Waals surface area contributed by atoms with Crippen molar-refractivity contribution in [2.24, 2.45) is 0 Å². The molecule has 0 radical (unpaired) electrons. The Hall–Kier alpha value is -6.47. The molecule has 2 unspecified atom stereocenters. The van der Waals surface area contributed by atoms with Gasteiger partial charge in [-0.1, -0.05) is 60.7 Å². The average molecular weight is 954 g/mol. The molecule has 2 atom stereocenters. The Balaban J connectivity index is 0.000000203. The summed E-state index contributed by atoms with van der Waals surface area (Å²) in [5, 5.41) is 22.4. The number of ether oxygens (including phenoxy) is 3. The Morgan fingerprint density at radius 2 is 1.18 bits per heavy atom. The predicted octanol–water partition coefficient (Wildman–Crippen LogP) is 6.68. The van der Waals surface area contributed by atoms with Gasteiger partial charge in [0.2, 0.25) is 10.6 Å². The van der Waals surface area contributed by atoms with E-state index >= 15 is 0 Å². The van der Waals surface area contributed by atoms with E-state index in [4.69, 9.17) is 37.4 Å². The number of carbonyl (C=O) groups is 3. The van der Waals surface area contributed by atoms with Crippen molar-refractivity contribution in [2.75, 3.05) is 62.2 Å². The van der Waals surface area contributed by atoms with Crippen molar-refractivity contribution in [2.45, 2.75) is 90.4 Å². The molecule has 18 nitrogen and oxygen atoms in total. The van der Waals surface area contributed by atoms with Crippen molar-refractivity contribution < 1.29 is 28.6 Å². The van der Waals surface area contributed by atoms with Gasteiger partial charge >= 0.3 is 18.3 Å². The van der Waals surface area contributed by atoms with Gasteiger partial charge in [0.1, 0.15) is 30.5 Å². The monoisotopic (exact) mass is 952 g/mol. The second-order valence-electron chi connectivity index (χ2n) is 17.5. The number of anilines is 2. The maximum atomic E-state index is 12.9. The molecule has 8 rings (SSSR count). The van der Waals surface area contributed by atoms with Gasteiger partial charge in [0, 0.05) is 63.5 Å². The number of piperazine rings is 2. The molecule has 2 aromatic carbocycles. The lowest BCUT2D eigenvalue weighted by atomic mass is 10.0. The zero-order valence-corrected chi connectivity index (χ0v) is 39.4. The second-order valence-corrected chi connectivity index (χ2v) is 18.1. The van der Waals surface area contributed by atoms with Gasteiger partial charge in [-0.15, -0.1) is 0 Å². The third-order valence-corrected chi connectivity index (χ3v) is 12.0. The van der Waals surface area contributed by atoms with Crippen molar-refractivity contribution in [3.63, 3.8) is 0 Å². The van der Waals surface area contributed by atoms with Gasteiger partial charge in [-0.3, -0.25) is 0 Å². The number of rotatable bonds is 8.